The molecule has 0 atom stereocenters. The van der Waals surface area contributed by atoms with Gasteiger partial charge in [-0.1, -0.05) is 11.6 Å². The second-order valence-corrected chi connectivity index (χ2v) is 8.70. The number of hydrogen-bond acceptors (Lipinski definition) is 7. The second kappa shape index (κ2) is 9.04. The third kappa shape index (κ3) is 4.75. The van der Waals surface area contributed by atoms with Crippen LogP contribution in [0.1, 0.15) is 22.8 Å². The van der Waals surface area contributed by atoms with Crippen molar-refractivity contribution in [1.29, 1.82) is 0 Å². The summed E-state index contributed by atoms with van der Waals surface area (Å²) in [6.07, 6.45) is 0.857. The van der Waals surface area contributed by atoms with Gasteiger partial charge in [-0.05, 0) is 31.2 Å². The van der Waals surface area contributed by atoms with Gasteiger partial charge in [0.15, 0.2) is 0 Å². The Morgan fingerprint density at radius 2 is 2.00 bits per heavy atom. The van der Waals surface area contributed by atoms with Crippen molar-refractivity contribution in [2.75, 3.05) is 26.3 Å². The van der Waals surface area contributed by atoms with Gasteiger partial charge < -0.3 is 9.84 Å². The van der Waals surface area contributed by atoms with Crippen molar-refractivity contribution in [3.63, 3.8) is 0 Å². The Hall–Kier alpha value is -2.60. The first kappa shape index (κ1) is 22.1. The number of aromatic hydroxyl groups is 1. The molecule has 160 valence electrons. The molecule has 0 saturated carbocycles. The Morgan fingerprint density at radius 3 is 2.70 bits per heavy atom. The summed E-state index contributed by atoms with van der Waals surface area (Å²) in [7, 11) is -3.96. The number of phenolic OH excluding ortho intramolecular Hbond substituents is 1. The summed E-state index contributed by atoms with van der Waals surface area (Å²) in [6, 6.07) is 5.19. The van der Waals surface area contributed by atoms with Crippen molar-refractivity contribution in [2.24, 2.45) is 5.10 Å². The Kier molecular flexibility index (Phi) is 6.66. The number of rotatable bonds is 5. The molecular weight excluding hydrogens is 439 g/mol. The van der Waals surface area contributed by atoms with E-state index in [0.717, 1.165) is 12.3 Å². The normalized spacial score (nSPS) is 15.8. The molecule has 2 heterocycles. The summed E-state index contributed by atoms with van der Waals surface area (Å²) in [5.41, 5.74) is 2.01. The van der Waals surface area contributed by atoms with Gasteiger partial charge in [-0.2, -0.15) is 13.8 Å². The molecule has 0 unspecified atom stereocenters. The number of benzene rings is 1. The van der Waals surface area contributed by atoms with Crippen molar-refractivity contribution in [3.8, 4) is 5.75 Å². The lowest BCUT2D eigenvalue weighted by molar-refractivity contribution is 0.0730. The van der Waals surface area contributed by atoms with Crippen LogP contribution in [0.25, 0.3) is 0 Å². The molecule has 0 bridgehead atoms. The van der Waals surface area contributed by atoms with Gasteiger partial charge in [-0.15, -0.1) is 0 Å². The number of amides is 1. The minimum absolute atomic E-state index is 0.110. The zero-order valence-electron chi connectivity index (χ0n) is 15.8. The van der Waals surface area contributed by atoms with Crippen molar-refractivity contribution in [1.82, 2.24) is 14.7 Å². The summed E-state index contributed by atoms with van der Waals surface area (Å²) >= 11 is 5.88. The summed E-state index contributed by atoms with van der Waals surface area (Å²) in [5, 5.41) is 14.0. The average molecular weight is 457 g/mol. The fourth-order valence-electron chi connectivity index (χ4n) is 2.72. The van der Waals surface area contributed by atoms with E-state index in [4.69, 9.17) is 16.3 Å². The molecule has 1 aromatic carbocycles. The standard InChI is InChI=1S/C18H18ClFN4O5S/c1-11(14-8-12(19)2-3-16(14)25)22-23-18(26)15-9-13(10-21-17(15)20)30(27,28)24-4-6-29-7-5-24/h2-3,8-10,25H,4-7H2,1H3,(H,23,26)/b22-11+. The number of hydrazone groups is 1. The van der Waals surface area contributed by atoms with Gasteiger partial charge in [0.1, 0.15) is 10.6 Å². The number of pyridine rings is 1. The molecule has 0 aliphatic carbocycles. The van der Waals surface area contributed by atoms with Crippen molar-refractivity contribution >= 4 is 33.2 Å². The third-order valence-electron chi connectivity index (χ3n) is 4.34. The number of ether oxygens (including phenoxy) is 1. The smallest absolute Gasteiger partial charge is 0.276 e. The Morgan fingerprint density at radius 1 is 1.30 bits per heavy atom. The van der Waals surface area contributed by atoms with E-state index < -0.39 is 27.4 Å². The highest BCUT2D eigenvalue weighted by Crippen LogP contribution is 2.22. The number of halogens is 2. The molecule has 1 aliphatic rings. The molecule has 3 rings (SSSR count). The predicted molar refractivity (Wildman–Crippen MR) is 107 cm³/mol. The number of phenols is 1. The van der Waals surface area contributed by atoms with E-state index >= 15 is 0 Å². The Balaban J connectivity index is 1.84. The molecule has 2 N–H and O–H groups in total. The van der Waals surface area contributed by atoms with Gasteiger partial charge in [0.2, 0.25) is 16.0 Å². The molecule has 1 amide bonds. The fourth-order valence-corrected chi connectivity index (χ4v) is 4.27. The summed E-state index contributed by atoms with van der Waals surface area (Å²) in [4.78, 5) is 15.5. The summed E-state index contributed by atoms with van der Waals surface area (Å²) in [6.45, 7) is 2.28. The topological polar surface area (TPSA) is 121 Å². The molecule has 12 heteroatoms. The maximum absolute atomic E-state index is 14.1. The van der Waals surface area contributed by atoms with Gasteiger partial charge in [0.25, 0.3) is 5.91 Å². The number of carbonyl (C=O) groups excluding carboxylic acids is 1. The lowest BCUT2D eigenvalue weighted by Gasteiger charge is -2.26. The molecule has 0 spiro atoms. The lowest BCUT2D eigenvalue weighted by atomic mass is 10.1. The van der Waals surface area contributed by atoms with Gasteiger partial charge in [-0.25, -0.2) is 18.8 Å². The third-order valence-corrected chi connectivity index (χ3v) is 6.44. The van der Waals surface area contributed by atoms with E-state index in [1.54, 1.807) is 0 Å². The molecular formula is C18H18ClFN4O5S. The Bertz CT molecular complexity index is 1100. The zero-order valence-corrected chi connectivity index (χ0v) is 17.4. The van der Waals surface area contributed by atoms with E-state index in [1.165, 1.54) is 29.4 Å². The van der Waals surface area contributed by atoms with Crippen LogP contribution < -0.4 is 5.43 Å². The average Bonchev–Trinajstić information content (AvgIpc) is 2.74. The quantitative estimate of drug-likeness (QED) is 0.401. The molecule has 1 aliphatic heterocycles. The first-order valence-electron chi connectivity index (χ1n) is 8.77. The molecule has 1 saturated heterocycles. The number of carbonyl (C=O) groups is 1. The van der Waals surface area contributed by atoms with Crippen LogP contribution in [-0.2, 0) is 14.8 Å². The van der Waals surface area contributed by atoms with Crippen LogP contribution in [0.3, 0.4) is 0 Å². The Labute approximate surface area is 177 Å². The van der Waals surface area contributed by atoms with Gasteiger partial charge in [-0.3, -0.25) is 4.79 Å². The summed E-state index contributed by atoms with van der Waals surface area (Å²) < 4.78 is 45.8. The van der Waals surface area contributed by atoms with E-state index in [0.29, 0.717) is 5.02 Å². The maximum Gasteiger partial charge on any atom is 0.276 e. The molecule has 30 heavy (non-hydrogen) atoms. The number of hydrogen-bond donors (Lipinski definition) is 2. The SMILES string of the molecule is C/C(=N\NC(=O)c1cc(S(=O)(=O)N2CCOCC2)cnc1F)c1cc(Cl)ccc1O. The fraction of sp³-hybridized carbons (Fsp3) is 0.278. The molecule has 1 aromatic heterocycles. The molecule has 1 fully saturated rings. The van der Waals surface area contributed by atoms with Crippen LogP contribution in [0.2, 0.25) is 5.02 Å². The van der Waals surface area contributed by atoms with Crippen LogP contribution >= 0.6 is 11.6 Å². The highest BCUT2D eigenvalue weighted by molar-refractivity contribution is 7.89. The van der Waals surface area contributed by atoms with E-state index in [2.05, 4.69) is 15.5 Å². The number of sulfonamides is 1. The van der Waals surface area contributed by atoms with E-state index in [9.17, 15) is 22.7 Å². The van der Waals surface area contributed by atoms with Gasteiger partial charge >= 0.3 is 0 Å². The predicted octanol–water partition coefficient (Wildman–Crippen LogP) is 1.75. The van der Waals surface area contributed by atoms with Crippen molar-refractivity contribution in [2.45, 2.75) is 11.8 Å². The van der Waals surface area contributed by atoms with Crippen LogP contribution in [0.5, 0.6) is 5.75 Å². The van der Waals surface area contributed by atoms with Crippen LogP contribution in [0.15, 0.2) is 40.5 Å². The minimum atomic E-state index is -3.96. The maximum atomic E-state index is 14.1. The number of nitrogens with zero attached hydrogens (tertiary/aromatic N) is 3. The highest BCUT2D eigenvalue weighted by atomic mass is 35.5. The monoisotopic (exact) mass is 456 g/mol. The largest absolute Gasteiger partial charge is 0.507 e. The summed E-state index contributed by atoms with van der Waals surface area (Å²) in [5.74, 6) is -2.26. The van der Waals surface area contributed by atoms with Crippen LogP contribution in [0, 0.1) is 5.95 Å². The first-order chi connectivity index (χ1) is 14.2. The van der Waals surface area contributed by atoms with Gasteiger partial charge in [0, 0.05) is 23.7 Å². The minimum Gasteiger partial charge on any atom is -0.507 e. The second-order valence-electron chi connectivity index (χ2n) is 6.33. The number of morpholine rings is 1. The number of nitrogens with one attached hydrogen (secondary N) is 1. The molecule has 0 radical (unpaired) electrons. The number of aromatic nitrogens is 1. The first-order valence-corrected chi connectivity index (χ1v) is 10.6. The lowest BCUT2D eigenvalue weighted by Crippen LogP contribution is -2.40. The van der Waals surface area contributed by atoms with Crippen LogP contribution in [0.4, 0.5) is 4.39 Å². The van der Waals surface area contributed by atoms with Crippen LogP contribution in [-0.4, -0.2) is 60.7 Å². The van der Waals surface area contributed by atoms with Crippen molar-refractivity contribution < 1.29 is 27.4 Å². The van der Waals surface area contributed by atoms with E-state index in [1.807, 2.05) is 0 Å². The molecule has 9 nitrogen and oxygen atoms in total. The van der Waals surface area contributed by atoms with Crippen molar-refractivity contribution in [3.05, 3.63) is 52.6 Å². The molecule has 2 aromatic rings. The van der Waals surface area contributed by atoms with Gasteiger partial charge in [0.05, 0.1) is 30.7 Å². The zero-order chi connectivity index (χ0) is 21.9. The highest BCUT2D eigenvalue weighted by Gasteiger charge is 2.28. The van der Waals surface area contributed by atoms with E-state index in [-0.39, 0.29) is 48.2 Å².